The number of hydrogen-bond acceptors (Lipinski definition) is 8. The van der Waals surface area contributed by atoms with Crippen LogP contribution in [0.4, 0.5) is 0 Å². The smallest absolute Gasteiger partial charge is 0.363 e. The number of ether oxygens (including phenoxy) is 4. The summed E-state index contributed by atoms with van der Waals surface area (Å²) in [5.41, 5.74) is 4.10. The van der Waals surface area contributed by atoms with Crippen molar-refractivity contribution in [3.05, 3.63) is 143 Å². The lowest BCUT2D eigenvalue weighted by atomic mass is 10.1. The Bertz CT molecular complexity index is 1750. The van der Waals surface area contributed by atoms with Crippen molar-refractivity contribution in [2.24, 2.45) is 4.99 Å². The fourth-order valence-corrected chi connectivity index (χ4v) is 4.16. The number of rotatable bonds is 10. The van der Waals surface area contributed by atoms with Gasteiger partial charge in [0.25, 0.3) is 0 Å². The number of nitrogens with zero attached hydrogens (tertiary/aromatic N) is 1. The third-order valence-electron chi connectivity index (χ3n) is 6.27. The maximum atomic E-state index is 11.7. The van der Waals surface area contributed by atoms with Crippen molar-refractivity contribution in [1.29, 1.82) is 0 Å². The normalized spacial score (nSPS) is 13.1. The molecule has 9 heteroatoms. The molecule has 4 aromatic rings. The van der Waals surface area contributed by atoms with Crippen LogP contribution in [0, 0.1) is 0 Å². The summed E-state index contributed by atoms with van der Waals surface area (Å²) in [4.78, 5) is 38.5. The highest BCUT2D eigenvalue weighted by Gasteiger charge is 2.19. The largest absolute Gasteiger partial charge is 0.489 e. The minimum absolute atomic E-state index is 0.0743. The van der Waals surface area contributed by atoms with Crippen molar-refractivity contribution in [2.45, 2.75) is 27.1 Å². The second-order valence-corrected chi connectivity index (χ2v) is 9.97. The van der Waals surface area contributed by atoms with Gasteiger partial charge in [0.2, 0.25) is 5.91 Å². The number of hydrogen-bond donors (Lipinski definition) is 1. The standard InChI is InChI=1S/C19H19NO4.C18H15NO3/c1-14(21)20-18(19(22)23-2)12-16-9-6-10-17(11-16)24-13-15-7-4-3-5-8-15;1-13-19-17(18(20)22-13)11-15-8-5-9-16(10-15)21-12-14-6-3-2-4-7-14/h3-12H,13H2,1-2H3,(H,20,21);2-11H,12H2,1H3/b18-12-;17-11-. The minimum Gasteiger partial charge on any atom is -0.489 e. The molecule has 1 heterocycles. The first-order valence-corrected chi connectivity index (χ1v) is 14.4. The molecular weight excluding hydrogens is 584 g/mol. The zero-order valence-electron chi connectivity index (χ0n) is 25.8. The van der Waals surface area contributed by atoms with Crippen LogP contribution >= 0.6 is 0 Å². The van der Waals surface area contributed by atoms with E-state index in [1.54, 1.807) is 31.2 Å². The summed E-state index contributed by atoms with van der Waals surface area (Å²) >= 11 is 0. The zero-order chi connectivity index (χ0) is 32.7. The molecule has 1 aliphatic heterocycles. The fraction of sp³-hybridized carbons (Fsp3) is 0.135. The van der Waals surface area contributed by atoms with Crippen LogP contribution in [0.3, 0.4) is 0 Å². The molecule has 234 valence electrons. The van der Waals surface area contributed by atoms with Gasteiger partial charge in [-0.3, -0.25) is 4.79 Å². The molecule has 1 amide bonds. The summed E-state index contributed by atoms with van der Waals surface area (Å²) in [6.45, 7) is 3.93. The first-order valence-electron chi connectivity index (χ1n) is 14.4. The number of carbonyl (C=O) groups excluding carboxylic acids is 3. The highest BCUT2D eigenvalue weighted by atomic mass is 16.6. The van der Waals surface area contributed by atoms with E-state index in [0.717, 1.165) is 28.0 Å². The van der Waals surface area contributed by atoms with Crippen molar-refractivity contribution in [2.75, 3.05) is 7.11 Å². The summed E-state index contributed by atoms with van der Waals surface area (Å²) in [5, 5.41) is 2.46. The fourth-order valence-electron chi connectivity index (χ4n) is 4.16. The van der Waals surface area contributed by atoms with Gasteiger partial charge >= 0.3 is 11.9 Å². The highest BCUT2D eigenvalue weighted by molar-refractivity contribution is 6.06. The average molecular weight is 619 g/mol. The Morgan fingerprint density at radius 1 is 0.783 bits per heavy atom. The number of esters is 2. The van der Waals surface area contributed by atoms with Gasteiger partial charge in [-0.15, -0.1) is 0 Å². The number of methoxy groups -OCH3 is 1. The molecule has 0 unspecified atom stereocenters. The van der Waals surface area contributed by atoms with Gasteiger partial charge in [0.05, 0.1) is 7.11 Å². The molecule has 0 aromatic heterocycles. The van der Waals surface area contributed by atoms with Gasteiger partial charge in [-0.25, -0.2) is 14.6 Å². The summed E-state index contributed by atoms with van der Waals surface area (Å²) in [6, 6.07) is 34.5. The van der Waals surface area contributed by atoms with Crippen LogP contribution in [0.5, 0.6) is 11.5 Å². The molecule has 0 bridgehead atoms. The number of cyclic esters (lactones) is 1. The molecule has 4 aromatic carbocycles. The maximum absolute atomic E-state index is 11.7. The van der Waals surface area contributed by atoms with E-state index < -0.39 is 11.9 Å². The number of nitrogens with one attached hydrogen (secondary N) is 1. The molecule has 9 nitrogen and oxygen atoms in total. The van der Waals surface area contributed by atoms with Gasteiger partial charge < -0.3 is 24.3 Å². The van der Waals surface area contributed by atoms with Crippen LogP contribution in [0.15, 0.2) is 126 Å². The van der Waals surface area contributed by atoms with E-state index in [4.69, 9.17) is 14.2 Å². The Labute approximate surface area is 267 Å². The van der Waals surface area contributed by atoms with Gasteiger partial charge in [-0.05, 0) is 58.7 Å². The van der Waals surface area contributed by atoms with E-state index in [9.17, 15) is 14.4 Å². The van der Waals surface area contributed by atoms with E-state index in [-0.39, 0.29) is 11.6 Å². The molecule has 0 fully saturated rings. The molecule has 0 aliphatic carbocycles. The number of aliphatic imine (C=N–C) groups is 1. The first kappa shape index (κ1) is 32.9. The van der Waals surface area contributed by atoms with Crippen molar-refractivity contribution < 1.29 is 33.3 Å². The van der Waals surface area contributed by atoms with E-state index in [2.05, 4.69) is 15.0 Å². The van der Waals surface area contributed by atoms with Crippen molar-refractivity contribution >= 4 is 35.9 Å². The van der Waals surface area contributed by atoms with Gasteiger partial charge in [0.1, 0.15) is 30.4 Å². The quantitative estimate of drug-likeness (QED) is 0.160. The Hall–Kier alpha value is -5.96. The van der Waals surface area contributed by atoms with Gasteiger partial charge in [0.15, 0.2) is 11.6 Å². The summed E-state index contributed by atoms with van der Waals surface area (Å²) < 4.78 is 21.1. The Morgan fingerprint density at radius 3 is 1.83 bits per heavy atom. The Morgan fingerprint density at radius 2 is 1.33 bits per heavy atom. The van der Waals surface area contributed by atoms with Crippen LogP contribution in [-0.4, -0.2) is 30.9 Å². The lowest BCUT2D eigenvalue weighted by Crippen LogP contribution is -2.25. The molecule has 0 atom stereocenters. The minimum atomic E-state index is -0.610. The van der Waals surface area contributed by atoms with Crippen molar-refractivity contribution in [3.8, 4) is 11.5 Å². The molecular formula is C37H34N2O7. The van der Waals surface area contributed by atoms with E-state index in [1.807, 2.05) is 97.1 Å². The second-order valence-electron chi connectivity index (χ2n) is 9.97. The maximum Gasteiger partial charge on any atom is 0.363 e. The molecule has 46 heavy (non-hydrogen) atoms. The SMILES string of the molecule is CC1=N/C(=C\c2cccc(OCc3ccccc3)c2)C(=O)O1.COC(=O)/C(=C/c1cccc(OCc2ccccc2)c1)NC(C)=O. The third-order valence-corrected chi connectivity index (χ3v) is 6.27. The zero-order valence-corrected chi connectivity index (χ0v) is 25.8. The van der Waals surface area contributed by atoms with E-state index >= 15 is 0 Å². The third kappa shape index (κ3) is 10.6. The molecule has 1 N–H and O–H groups in total. The van der Waals surface area contributed by atoms with E-state index in [1.165, 1.54) is 14.0 Å². The number of carbonyl (C=O) groups is 3. The molecule has 0 radical (unpaired) electrons. The molecule has 5 rings (SSSR count). The monoisotopic (exact) mass is 618 g/mol. The second kappa shape index (κ2) is 16.8. The topological polar surface area (TPSA) is 113 Å². The molecule has 1 aliphatic rings. The summed E-state index contributed by atoms with van der Waals surface area (Å²) in [6.07, 6.45) is 3.23. The van der Waals surface area contributed by atoms with Gasteiger partial charge in [0, 0.05) is 13.8 Å². The summed E-state index contributed by atoms with van der Waals surface area (Å²) in [7, 11) is 1.26. The molecule has 0 saturated heterocycles. The first-order chi connectivity index (χ1) is 22.3. The van der Waals surface area contributed by atoms with Gasteiger partial charge in [-0.1, -0.05) is 84.9 Å². The number of benzene rings is 4. The predicted octanol–water partition coefficient (Wildman–Crippen LogP) is 6.50. The predicted molar refractivity (Wildman–Crippen MR) is 175 cm³/mol. The van der Waals surface area contributed by atoms with Crippen LogP contribution in [0.1, 0.15) is 36.1 Å². The van der Waals surface area contributed by atoms with E-state index in [0.29, 0.717) is 30.6 Å². The van der Waals surface area contributed by atoms with Crippen molar-refractivity contribution in [1.82, 2.24) is 5.32 Å². The average Bonchev–Trinajstić information content (AvgIpc) is 3.39. The molecule has 0 spiro atoms. The summed E-state index contributed by atoms with van der Waals surface area (Å²) in [5.74, 6) is 0.398. The number of amides is 1. The lowest BCUT2D eigenvalue weighted by molar-refractivity contribution is -0.137. The van der Waals surface area contributed by atoms with Crippen LogP contribution < -0.4 is 14.8 Å². The highest BCUT2D eigenvalue weighted by Crippen LogP contribution is 2.20. The van der Waals surface area contributed by atoms with Crippen LogP contribution in [0.2, 0.25) is 0 Å². The van der Waals surface area contributed by atoms with Crippen molar-refractivity contribution in [3.63, 3.8) is 0 Å². The van der Waals surface area contributed by atoms with Crippen LogP contribution in [-0.2, 0) is 37.1 Å². The van der Waals surface area contributed by atoms with Crippen LogP contribution in [0.25, 0.3) is 12.2 Å². The molecule has 0 saturated carbocycles. The Balaban J connectivity index is 0.000000209. The Kier molecular flexibility index (Phi) is 12.0. The van der Waals surface area contributed by atoms with Gasteiger partial charge in [-0.2, -0.15) is 0 Å². The lowest BCUT2D eigenvalue weighted by Gasteiger charge is -2.08.